The molecule has 31 heavy (non-hydrogen) atoms. The molecule has 0 aliphatic carbocycles. The van der Waals surface area contributed by atoms with Gasteiger partial charge in [0.2, 0.25) is 5.91 Å². The van der Waals surface area contributed by atoms with E-state index in [1.54, 1.807) is 29.5 Å². The molecule has 2 atom stereocenters. The highest BCUT2D eigenvalue weighted by atomic mass is 79.9. The first kappa shape index (κ1) is 21.7. The molecule has 0 spiro atoms. The Morgan fingerprint density at radius 1 is 1.26 bits per heavy atom. The first-order valence-corrected chi connectivity index (χ1v) is 11.6. The van der Waals surface area contributed by atoms with Crippen LogP contribution in [-0.4, -0.2) is 45.5 Å². The lowest BCUT2D eigenvalue weighted by molar-refractivity contribution is -0.125. The second kappa shape index (κ2) is 9.30. The topological polar surface area (TPSA) is 82.5 Å². The zero-order valence-electron chi connectivity index (χ0n) is 16.9. The number of halogens is 1. The number of β-amino-alcohol motifs (C(OH)–C–C–N with tert-alkyl or cyclic N) is 1. The Labute approximate surface area is 193 Å². The summed E-state index contributed by atoms with van der Waals surface area (Å²) in [6.07, 6.45) is -0.483. The summed E-state index contributed by atoms with van der Waals surface area (Å²) in [6.45, 7) is 2.48. The minimum Gasteiger partial charge on any atom is -0.391 e. The maximum absolute atomic E-state index is 12.9. The molecule has 0 bridgehead atoms. The molecular formula is C23H22BrN3O3S. The molecule has 160 valence electrons. The molecule has 1 aromatic heterocycles. The van der Waals surface area contributed by atoms with Crippen molar-refractivity contribution in [3.8, 4) is 10.4 Å². The van der Waals surface area contributed by atoms with Crippen LogP contribution in [0.2, 0.25) is 0 Å². The van der Waals surface area contributed by atoms with Gasteiger partial charge in [-0.3, -0.25) is 9.59 Å². The molecule has 2 unspecified atom stereocenters. The van der Waals surface area contributed by atoms with Crippen molar-refractivity contribution in [1.82, 2.24) is 15.2 Å². The van der Waals surface area contributed by atoms with E-state index < -0.39 is 12.1 Å². The summed E-state index contributed by atoms with van der Waals surface area (Å²) >= 11 is 4.97. The Balaban J connectivity index is 1.41. The number of amides is 2. The van der Waals surface area contributed by atoms with Crippen LogP contribution in [0.4, 0.5) is 0 Å². The molecule has 6 nitrogen and oxygen atoms in total. The van der Waals surface area contributed by atoms with Crippen LogP contribution >= 0.6 is 27.3 Å². The molecule has 1 aliphatic heterocycles. The molecule has 2 heterocycles. The van der Waals surface area contributed by atoms with Gasteiger partial charge in [-0.25, -0.2) is 4.98 Å². The van der Waals surface area contributed by atoms with Gasteiger partial charge in [-0.2, -0.15) is 0 Å². The Kier molecular flexibility index (Phi) is 6.50. The standard InChI is InChI=1S/C23H22BrN3O3S/c1-14-21(31-13-26-14)16-7-5-15(6-8-16)11-25-22(29)20-10-19(28)12-27(20)23(30)17-3-2-4-18(24)9-17/h2-9,13,19-20,28H,10-12H2,1H3,(H,25,29). The summed E-state index contributed by atoms with van der Waals surface area (Å²) in [7, 11) is 0. The van der Waals surface area contributed by atoms with Crippen LogP contribution in [0.25, 0.3) is 10.4 Å². The Morgan fingerprint density at radius 2 is 2.03 bits per heavy atom. The number of hydrogen-bond donors (Lipinski definition) is 2. The van der Waals surface area contributed by atoms with Crippen LogP contribution in [0, 0.1) is 6.92 Å². The summed E-state index contributed by atoms with van der Waals surface area (Å²) in [5.41, 5.74) is 5.37. The molecule has 1 aliphatic rings. The monoisotopic (exact) mass is 499 g/mol. The number of aliphatic hydroxyl groups is 1. The van der Waals surface area contributed by atoms with E-state index in [-0.39, 0.29) is 24.8 Å². The van der Waals surface area contributed by atoms with Crippen LogP contribution in [0.5, 0.6) is 0 Å². The van der Waals surface area contributed by atoms with Crippen LogP contribution < -0.4 is 5.32 Å². The number of aliphatic hydroxyl groups excluding tert-OH is 1. The minimum atomic E-state index is -0.714. The Bertz CT molecular complexity index is 1100. The van der Waals surface area contributed by atoms with Gasteiger partial charge >= 0.3 is 0 Å². The summed E-state index contributed by atoms with van der Waals surface area (Å²) in [6, 6.07) is 14.3. The van der Waals surface area contributed by atoms with Crippen molar-refractivity contribution in [1.29, 1.82) is 0 Å². The minimum absolute atomic E-state index is 0.145. The van der Waals surface area contributed by atoms with Crippen LogP contribution in [-0.2, 0) is 11.3 Å². The fourth-order valence-electron chi connectivity index (χ4n) is 3.73. The van der Waals surface area contributed by atoms with E-state index in [9.17, 15) is 14.7 Å². The lowest BCUT2D eigenvalue weighted by atomic mass is 10.1. The number of likely N-dealkylation sites (tertiary alicyclic amines) is 1. The van der Waals surface area contributed by atoms with Gasteiger partial charge in [-0.15, -0.1) is 11.3 Å². The molecule has 0 radical (unpaired) electrons. The summed E-state index contributed by atoms with van der Waals surface area (Å²) in [5, 5.41) is 13.0. The van der Waals surface area contributed by atoms with Gasteiger partial charge in [0.05, 0.1) is 22.2 Å². The number of carbonyl (C=O) groups excluding carboxylic acids is 2. The predicted molar refractivity (Wildman–Crippen MR) is 124 cm³/mol. The van der Waals surface area contributed by atoms with Gasteiger partial charge in [-0.1, -0.05) is 46.3 Å². The number of benzene rings is 2. The molecule has 1 saturated heterocycles. The van der Waals surface area contributed by atoms with Crippen LogP contribution in [0.1, 0.15) is 28.0 Å². The number of nitrogens with zero attached hydrogens (tertiary/aromatic N) is 2. The smallest absolute Gasteiger partial charge is 0.254 e. The molecule has 0 saturated carbocycles. The molecule has 8 heteroatoms. The van der Waals surface area contributed by atoms with Crippen molar-refractivity contribution >= 4 is 39.1 Å². The second-order valence-corrected chi connectivity index (χ2v) is 9.33. The average Bonchev–Trinajstić information content (AvgIpc) is 3.37. The number of nitrogens with one attached hydrogen (secondary N) is 1. The van der Waals surface area contributed by atoms with E-state index in [1.807, 2.05) is 42.8 Å². The van der Waals surface area contributed by atoms with Gasteiger partial charge in [0.15, 0.2) is 0 Å². The molecule has 1 fully saturated rings. The van der Waals surface area contributed by atoms with E-state index in [0.717, 1.165) is 26.2 Å². The van der Waals surface area contributed by atoms with Gasteiger partial charge in [0, 0.05) is 29.5 Å². The summed E-state index contributed by atoms with van der Waals surface area (Å²) in [4.78, 5) is 32.6. The second-order valence-electron chi connectivity index (χ2n) is 7.55. The number of aromatic nitrogens is 1. The van der Waals surface area contributed by atoms with Crippen molar-refractivity contribution < 1.29 is 14.7 Å². The van der Waals surface area contributed by atoms with E-state index in [1.165, 1.54) is 4.90 Å². The van der Waals surface area contributed by atoms with Crippen molar-refractivity contribution in [3.63, 3.8) is 0 Å². The number of hydrogen-bond acceptors (Lipinski definition) is 5. The fraction of sp³-hybridized carbons (Fsp3) is 0.261. The third kappa shape index (κ3) is 4.87. The largest absolute Gasteiger partial charge is 0.391 e. The van der Waals surface area contributed by atoms with Crippen molar-refractivity contribution in [2.75, 3.05) is 6.54 Å². The maximum Gasteiger partial charge on any atom is 0.254 e. The van der Waals surface area contributed by atoms with Crippen molar-refractivity contribution in [2.24, 2.45) is 0 Å². The van der Waals surface area contributed by atoms with Crippen LogP contribution in [0.3, 0.4) is 0 Å². The number of aryl methyl sites for hydroxylation is 1. The van der Waals surface area contributed by atoms with Gasteiger partial charge < -0.3 is 15.3 Å². The first-order valence-electron chi connectivity index (χ1n) is 9.94. The summed E-state index contributed by atoms with van der Waals surface area (Å²) in [5.74, 6) is -0.524. The number of carbonyl (C=O) groups is 2. The third-order valence-electron chi connectivity index (χ3n) is 5.34. The lowest BCUT2D eigenvalue weighted by Gasteiger charge is -2.24. The third-order valence-corrected chi connectivity index (χ3v) is 6.81. The SMILES string of the molecule is Cc1ncsc1-c1ccc(CNC(=O)C2CC(O)CN2C(=O)c2cccc(Br)c2)cc1. The highest BCUT2D eigenvalue weighted by Crippen LogP contribution is 2.27. The quantitative estimate of drug-likeness (QED) is 0.559. The molecule has 2 N–H and O–H groups in total. The average molecular weight is 500 g/mol. The van der Waals surface area contributed by atoms with Crippen LogP contribution in [0.15, 0.2) is 58.5 Å². The van der Waals surface area contributed by atoms with E-state index >= 15 is 0 Å². The highest BCUT2D eigenvalue weighted by Gasteiger charge is 2.39. The van der Waals surface area contributed by atoms with Gasteiger partial charge in [0.1, 0.15) is 6.04 Å². The van der Waals surface area contributed by atoms with Crippen molar-refractivity contribution in [3.05, 3.63) is 75.3 Å². The highest BCUT2D eigenvalue weighted by molar-refractivity contribution is 9.10. The van der Waals surface area contributed by atoms with E-state index in [2.05, 4.69) is 26.2 Å². The molecular weight excluding hydrogens is 478 g/mol. The predicted octanol–water partition coefficient (Wildman–Crippen LogP) is 3.77. The Morgan fingerprint density at radius 3 is 2.71 bits per heavy atom. The zero-order chi connectivity index (χ0) is 22.0. The van der Waals surface area contributed by atoms with Gasteiger partial charge in [-0.05, 0) is 36.2 Å². The normalized spacial score (nSPS) is 18.2. The first-order chi connectivity index (χ1) is 14.9. The zero-order valence-corrected chi connectivity index (χ0v) is 19.3. The maximum atomic E-state index is 12.9. The number of rotatable bonds is 5. The van der Waals surface area contributed by atoms with Gasteiger partial charge in [0.25, 0.3) is 5.91 Å². The molecule has 2 aromatic carbocycles. The molecule has 4 rings (SSSR count). The van der Waals surface area contributed by atoms with Crippen molar-refractivity contribution in [2.45, 2.75) is 32.0 Å². The van der Waals surface area contributed by atoms with E-state index in [0.29, 0.717) is 12.1 Å². The van der Waals surface area contributed by atoms with E-state index in [4.69, 9.17) is 0 Å². The Hall–Kier alpha value is -2.55. The summed E-state index contributed by atoms with van der Waals surface area (Å²) < 4.78 is 0.788. The molecule has 2 amide bonds. The number of thiazole rings is 1. The lowest BCUT2D eigenvalue weighted by Crippen LogP contribution is -2.45. The fourth-order valence-corrected chi connectivity index (χ4v) is 4.94. The molecule has 3 aromatic rings.